The second-order valence-electron chi connectivity index (χ2n) is 3.62. The molecule has 1 saturated heterocycles. The van der Waals surface area contributed by atoms with Crippen LogP contribution in [0.3, 0.4) is 0 Å². The van der Waals surface area contributed by atoms with Gasteiger partial charge in [0.15, 0.2) is 0 Å². The number of hydrogen-bond acceptors (Lipinski definition) is 2. The highest BCUT2D eigenvalue weighted by Crippen LogP contribution is 2.20. The van der Waals surface area contributed by atoms with Gasteiger partial charge >= 0.3 is 0 Å². The molecule has 0 aliphatic carbocycles. The van der Waals surface area contributed by atoms with Gasteiger partial charge in [0.05, 0.1) is 6.10 Å². The summed E-state index contributed by atoms with van der Waals surface area (Å²) in [6.07, 6.45) is 1.93. The fourth-order valence-electron chi connectivity index (χ4n) is 1.71. The monoisotopic (exact) mass is 263 g/mol. The topological polar surface area (TPSA) is 29.5 Å². The van der Waals surface area contributed by atoms with E-state index < -0.39 is 0 Å². The summed E-state index contributed by atoms with van der Waals surface area (Å²) in [7, 11) is 0. The van der Waals surface area contributed by atoms with Crippen LogP contribution in [0.25, 0.3) is 0 Å². The Morgan fingerprint density at radius 2 is 2.29 bits per heavy atom. The Hall–Kier alpha value is -0.0900. The lowest BCUT2D eigenvalue weighted by Crippen LogP contribution is -2.40. The lowest BCUT2D eigenvalue weighted by atomic mass is 10.2. The Kier molecular flexibility index (Phi) is 4.89. The van der Waals surface area contributed by atoms with Crippen molar-refractivity contribution in [3.63, 3.8) is 0 Å². The van der Waals surface area contributed by atoms with Crippen molar-refractivity contribution in [1.82, 2.24) is 4.90 Å². The molecule has 0 spiro atoms. The molecule has 0 N–H and O–H groups in total. The molecule has 0 aromatic carbocycles. The molecular formula is C10H18BrNO2. The van der Waals surface area contributed by atoms with E-state index in [1.165, 1.54) is 0 Å². The van der Waals surface area contributed by atoms with Gasteiger partial charge in [0.25, 0.3) is 5.91 Å². The molecule has 0 radical (unpaired) electrons. The molecule has 0 saturated carbocycles. The number of halogens is 1. The van der Waals surface area contributed by atoms with Gasteiger partial charge in [-0.2, -0.15) is 0 Å². The summed E-state index contributed by atoms with van der Waals surface area (Å²) >= 11 is 3.34. The van der Waals surface area contributed by atoms with Gasteiger partial charge < -0.3 is 9.64 Å². The first kappa shape index (κ1) is 12.0. The summed E-state index contributed by atoms with van der Waals surface area (Å²) in [5.41, 5.74) is 0. The van der Waals surface area contributed by atoms with Gasteiger partial charge in [0, 0.05) is 18.4 Å². The number of nitrogens with zero attached hydrogens (tertiary/aromatic N) is 1. The van der Waals surface area contributed by atoms with E-state index >= 15 is 0 Å². The van der Waals surface area contributed by atoms with Crippen LogP contribution < -0.4 is 0 Å². The smallest absolute Gasteiger partial charge is 0.251 e. The molecule has 14 heavy (non-hydrogen) atoms. The van der Waals surface area contributed by atoms with Crippen molar-refractivity contribution in [2.24, 2.45) is 0 Å². The van der Waals surface area contributed by atoms with Gasteiger partial charge in [0.2, 0.25) is 0 Å². The maximum absolute atomic E-state index is 11.9. The van der Waals surface area contributed by atoms with E-state index in [4.69, 9.17) is 4.74 Å². The molecule has 1 rings (SSSR count). The predicted octanol–water partition coefficient (Wildman–Crippen LogP) is 1.80. The Labute approximate surface area is 93.9 Å². The van der Waals surface area contributed by atoms with Gasteiger partial charge in [-0.05, 0) is 26.7 Å². The lowest BCUT2D eigenvalue weighted by molar-refractivity contribution is -0.142. The summed E-state index contributed by atoms with van der Waals surface area (Å²) in [4.78, 5) is 13.7. The fraction of sp³-hybridized carbons (Fsp3) is 0.900. The second kappa shape index (κ2) is 5.71. The molecule has 1 amide bonds. The molecule has 2 unspecified atom stereocenters. The first-order valence-electron chi connectivity index (χ1n) is 5.19. The zero-order valence-electron chi connectivity index (χ0n) is 8.83. The van der Waals surface area contributed by atoms with Crippen LogP contribution in [0.1, 0.15) is 26.7 Å². The van der Waals surface area contributed by atoms with E-state index in [1.54, 1.807) is 0 Å². The van der Waals surface area contributed by atoms with Crippen molar-refractivity contribution in [3.05, 3.63) is 0 Å². The van der Waals surface area contributed by atoms with Crippen LogP contribution in [0, 0.1) is 0 Å². The average molecular weight is 264 g/mol. The number of likely N-dealkylation sites (N-methyl/N-ethyl adjacent to an activating group) is 1. The molecule has 0 bridgehead atoms. The fourth-order valence-corrected chi connectivity index (χ4v) is 2.14. The van der Waals surface area contributed by atoms with E-state index in [1.807, 2.05) is 18.7 Å². The number of carbonyl (C=O) groups excluding carboxylic acids is 1. The summed E-state index contributed by atoms with van der Waals surface area (Å²) in [6.45, 7) is 5.55. The average Bonchev–Trinajstić information content (AvgIpc) is 2.60. The first-order valence-corrected chi connectivity index (χ1v) is 6.31. The van der Waals surface area contributed by atoms with E-state index in [2.05, 4.69) is 15.9 Å². The van der Waals surface area contributed by atoms with Crippen molar-refractivity contribution < 1.29 is 9.53 Å². The van der Waals surface area contributed by atoms with Crippen LogP contribution in [0.2, 0.25) is 0 Å². The third kappa shape index (κ3) is 2.95. The first-order chi connectivity index (χ1) is 6.69. The quantitative estimate of drug-likeness (QED) is 0.724. The number of rotatable bonds is 4. The number of alkyl halides is 1. The summed E-state index contributed by atoms with van der Waals surface area (Å²) in [6, 6.07) is 0. The molecule has 1 aliphatic rings. The van der Waals surface area contributed by atoms with Gasteiger partial charge in [-0.15, -0.1) is 0 Å². The summed E-state index contributed by atoms with van der Waals surface area (Å²) in [5.74, 6) is 0.149. The van der Waals surface area contributed by atoms with Crippen LogP contribution in [0.15, 0.2) is 0 Å². The third-order valence-electron chi connectivity index (χ3n) is 2.56. The molecule has 1 heterocycles. The van der Waals surface area contributed by atoms with Crippen LogP contribution >= 0.6 is 15.9 Å². The van der Waals surface area contributed by atoms with Crippen LogP contribution in [-0.4, -0.2) is 41.4 Å². The minimum absolute atomic E-state index is 0.149. The van der Waals surface area contributed by atoms with Crippen molar-refractivity contribution in [2.75, 3.05) is 18.4 Å². The van der Waals surface area contributed by atoms with Gasteiger partial charge in [0.1, 0.15) is 6.10 Å². The van der Waals surface area contributed by atoms with Crippen molar-refractivity contribution in [3.8, 4) is 0 Å². The molecule has 82 valence electrons. The Bertz CT molecular complexity index is 193. The minimum Gasteiger partial charge on any atom is -0.365 e. The summed E-state index contributed by atoms with van der Waals surface area (Å²) in [5, 5.41) is 0.828. The van der Waals surface area contributed by atoms with Gasteiger partial charge in [-0.1, -0.05) is 15.9 Å². The number of carbonyl (C=O) groups is 1. The highest BCUT2D eigenvalue weighted by molar-refractivity contribution is 9.09. The molecule has 3 nitrogen and oxygen atoms in total. The van der Waals surface area contributed by atoms with E-state index in [9.17, 15) is 4.79 Å². The molecule has 1 aliphatic heterocycles. The Balaban J connectivity index is 2.45. The minimum atomic E-state index is -0.191. The van der Waals surface area contributed by atoms with E-state index in [-0.39, 0.29) is 18.1 Å². The van der Waals surface area contributed by atoms with Crippen LogP contribution in [-0.2, 0) is 9.53 Å². The van der Waals surface area contributed by atoms with Crippen LogP contribution in [0.4, 0.5) is 0 Å². The predicted molar refractivity (Wildman–Crippen MR) is 59.6 cm³/mol. The standard InChI is InChI=1S/C10H18BrNO2/c1-3-12(7-6-11)10(13)9-5-4-8(2)14-9/h8-9H,3-7H2,1-2H3. The largest absolute Gasteiger partial charge is 0.365 e. The van der Waals surface area contributed by atoms with Crippen LogP contribution in [0.5, 0.6) is 0 Å². The molecule has 0 aromatic rings. The molecule has 0 aromatic heterocycles. The SMILES string of the molecule is CCN(CCBr)C(=O)C1CCC(C)O1. The highest BCUT2D eigenvalue weighted by atomic mass is 79.9. The van der Waals surface area contributed by atoms with Crippen molar-refractivity contribution in [2.45, 2.75) is 38.9 Å². The normalized spacial score (nSPS) is 26.5. The molecule has 4 heteroatoms. The number of amides is 1. The van der Waals surface area contributed by atoms with Gasteiger partial charge in [-0.3, -0.25) is 4.79 Å². The van der Waals surface area contributed by atoms with Crippen molar-refractivity contribution >= 4 is 21.8 Å². The zero-order valence-corrected chi connectivity index (χ0v) is 10.4. The maximum Gasteiger partial charge on any atom is 0.251 e. The van der Waals surface area contributed by atoms with Crippen molar-refractivity contribution in [1.29, 1.82) is 0 Å². The molecule has 1 fully saturated rings. The number of ether oxygens (including phenoxy) is 1. The zero-order chi connectivity index (χ0) is 10.6. The van der Waals surface area contributed by atoms with E-state index in [0.29, 0.717) is 0 Å². The Morgan fingerprint density at radius 1 is 1.57 bits per heavy atom. The second-order valence-corrected chi connectivity index (χ2v) is 4.41. The molecule has 2 atom stereocenters. The molecular weight excluding hydrogens is 246 g/mol. The third-order valence-corrected chi connectivity index (χ3v) is 2.91. The maximum atomic E-state index is 11.9. The number of hydrogen-bond donors (Lipinski definition) is 0. The highest BCUT2D eigenvalue weighted by Gasteiger charge is 2.30. The Morgan fingerprint density at radius 3 is 2.71 bits per heavy atom. The summed E-state index contributed by atoms with van der Waals surface area (Å²) < 4.78 is 5.55. The van der Waals surface area contributed by atoms with E-state index in [0.717, 1.165) is 31.3 Å². The lowest BCUT2D eigenvalue weighted by Gasteiger charge is -2.23. The van der Waals surface area contributed by atoms with Gasteiger partial charge in [-0.25, -0.2) is 0 Å².